The van der Waals surface area contributed by atoms with Crippen LogP contribution < -0.4 is 16.0 Å². The molecule has 2 aromatic carbocycles. The van der Waals surface area contributed by atoms with Crippen molar-refractivity contribution in [2.75, 3.05) is 6.61 Å². The maximum atomic E-state index is 13.2. The monoisotopic (exact) mass is 440 g/mol. The van der Waals surface area contributed by atoms with Crippen LogP contribution in [0.3, 0.4) is 0 Å². The summed E-state index contributed by atoms with van der Waals surface area (Å²) in [4.78, 5) is 30.3. The standard InChI is InChI=1S/C22H21ClN4O4/c1-14-4-3-5-17(12-14)31-21-24-19-18(20(29)26(10-11-28)22(30)25(19)2)27(21)13-15-6-8-16(23)9-7-15/h3-9,12,28H,10-11,13H2,1-2H3. The molecule has 0 fully saturated rings. The molecule has 0 aliphatic carbocycles. The number of benzene rings is 2. The molecule has 9 heteroatoms. The summed E-state index contributed by atoms with van der Waals surface area (Å²) in [6, 6.07) is 14.9. The van der Waals surface area contributed by atoms with Crippen LogP contribution in [0, 0.1) is 6.92 Å². The van der Waals surface area contributed by atoms with E-state index in [4.69, 9.17) is 16.3 Å². The molecule has 4 aromatic rings. The lowest BCUT2D eigenvalue weighted by molar-refractivity contribution is 0.271. The van der Waals surface area contributed by atoms with E-state index in [1.165, 1.54) is 11.6 Å². The van der Waals surface area contributed by atoms with Gasteiger partial charge >= 0.3 is 11.7 Å². The average Bonchev–Trinajstić information content (AvgIpc) is 3.09. The Labute approximate surface area is 182 Å². The summed E-state index contributed by atoms with van der Waals surface area (Å²) in [6.45, 7) is 1.78. The number of hydrogen-bond acceptors (Lipinski definition) is 5. The van der Waals surface area contributed by atoms with Crippen LogP contribution in [0.5, 0.6) is 11.8 Å². The molecule has 4 rings (SSSR count). The predicted molar refractivity (Wildman–Crippen MR) is 118 cm³/mol. The Morgan fingerprint density at radius 3 is 2.52 bits per heavy atom. The van der Waals surface area contributed by atoms with Gasteiger partial charge in [-0.2, -0.15) is 4.98 Å². The average molecular weight is 441 g/mol. The molecule has 0 amide bonds. The smallest absolute Gasteiger partial charge is 0.332 e. The Morgan fingerprint density at radius 2 is 1.84 bits per heavy atom. The quantitative estimate of drug-likeness (QED) is 0.497. The van der Waals surface area contributed by atoms with Gasteiger partial charge in [0, 0.05) is 12.1 Å². The SMILES string of the molecule is Cc1cccc(Oc2nc3c(c(=O)n(CCO)c(=O)n3C)n2Cc2ccc(Cl)cc2)c1. The molecule has 1 N–H and O–H groups in total. The summed E-state index contributed by atoms with van der Waals surface area (Å²) in [5, 5.41) is 9.92. The molecule has 0 radical (unpaired) electrons. The minimum Gasteiger partial charge on any atom is -0.425 e. The highest BCUT2D eigenvalue weighted by Crippen LogP contribution is 2.26. The molecular formula is C22H21ClN4O4. The lowest BCUT2D eigenvalue weighted by atomic mass is 10.2. The molecule has 2 heterocycles. The van der Waals surface area contributed by atoms with Crippen molar-refractivity contribution >= 4 is 22.8 Å². The van der Waals surface area contributed by atoms with Crippen molar-refractivity contribution in [2.45, 2.75) is 20.0 Å². The van der Waals surface area contributed by atoms with Crippen molar-refractivity contribution in [2.24, 2.45) is 7.05 Å². The van der Waals surface area contributed by atoms with Crippen LogP contribution in [0.4, 0.5) is 0 Å². The van der Waals surface area contributed by atoms with E-state index in [-0.39, 0.29) is 36.9 Å². The van der Waals surface area contributed by atoms with Gasteiger partial charge in [0.25, 0.3) is 5.56 Å². The third-order valence-corrected chi connectivity index (χ3v) is 5.23. The zero-order valence-electron chi connectivity index (χ0n) is 17.1. The fraction of sp³-hybridized carbons (Fsp3) is 0.227. The van der Waals surface area contributed by atoms with Crippen molar-refractivity contribution in [1.29, 1.82) is 0 Å². The van der Waals surface area contributed by atoms with Gasteiger partial charge in [0.15, 0.2) is 11.2 Å². The number of ether oxygens (including phenoxy) is 1. The molecule has 0 saturated heterocycles. The first-order chi connectivity index (χ1) is 14.9. The van der Waals surface area contributed by atoms with Crippen molar-refractivity contribution in [3.63, 3.8) is 0 Å². The molecule has 0 bridgehead atoms. The molecule has 8 nitrogen and oxygen atoms in total. The molecule has 0 aliphatic rings. The summed E-state index contributed by atoms with van der Waals surface area (Å²) in [7, 11) is 1.54. The molecule has 0 aliphatic heterocycles. The third-order valence-electron chi connectivity index (χ3n) is 4.97. The maximum Gasteiger partial charge on any atom is 0.332 e. The molecule has 0 unspecified atom stereocenters. The molecule has 0 saturated carbocycles. The van der Waals surface area contributed by atoms with E-state index in [9.17, 15) is 14.7 Å². The van der Waals surface area contributed by atoms with Gasteiger partial charge < -0.3 is 9.84 Å². The number of halogens is 1. The Hall–Kier alpha value is -3.36. The molecule has 160 valence electrons. The van der Waals surface area contributed by atoms with Crippen molar-refractivity contribution in [3.05, 3.63) is 85.5 Å². The van der Waals surface area contributed by atoms with Gasteiger partial charge in [0.2, 0.25) is 0 Å². The number of aliphatic hydroxyl groups excluding tert-OH is 1. The second-order valence-corrected chi connectivity index (χ2v) is 7.66. The number of fused-ring (bicyclic) bond motifs is 1. The van der Waals surface area contributed by atoms with Crippen LogP contribution in [-0.4, -0.2) is 30.4 Å². The molecule has 2 aromatic heterocycles. The number of aliphatic hydroxyl groups is 1. The minimum atomic E-state index is -0.551. The van der Waals surface area contributed by atoms with E-state index in [1.54, 1.807) is 22.8 Å². The summed E-state index contributed by atoms with van der Waals surface area (Å²) in [5.74, 6) is 0.563. The zero-order chi connectivity index (χ0) is 22.1. The molecule has 0 atom stereocenters. The minimum absolute atomic E-state index is 0.109. The topological polar surface area (TPSA) is 91.3 Å². The van der Waals surface area contributed by atoms with Crippen LogP contribution in [-0.2, 0) is 20.1 Å². The highest BCUT2D eigenvalue weighted by molar-refractivity contribution is 6.30. The van der Waals surface area contributed by atoms with E-state index in [0.717, 1.165) is 15.7 Å². The number of aromatic nitrogens is 4. The summed E-state index contributed by atoms with van der Waals surface area (Å²) < 4.78 is 9.95. The van der Waals surface area contributed by atoms with Gasteiger partial charge in [-0.25, -0.2) is 4.79 Å². The summed E-state index contributed by atoms with van der Waals surface area (Å²) in [5.41, 5.74) is 1.22. The van der Waals surface area contributed by atoms with Gasteiger partial charge in [-0.1, -0.05) is 35.9 Å². The number of hydrogen-bond donors (Lipinski definition) is 1. The highest BCUT2D eigenvalue weighted by atomic mass is 35.5. The lowest BCUT2D eigenvalue weighted by Crippen LogP contribution is -2.40. The fourth-order valence-corrected chi connectivity index (χ4v) is 3.56. The van der Waals surface area contributed by atoms with E-state index >= 15 is 0 Å². The third kappa shape index (κ3) is 3.99. The first-order valence-corrected chi connectivity index (χ1v) is 10.1. The van der Waals surface area contributed by atoms with Crippen molar-refractivity contribution in [3.8, 4) is 11.8 Å². The van der Waals surface area contributed by atoms with Gasteiger partial charge in [0.1, 0.15) is 5.75 Å². The number of aryl methyl sites for hydroxylation is 2. The van der Waals surface area contributed by atoms with Crippen molar-refractivity contribution in [1.82, 2.24) is 18.7 Å². The predicted octanol–water partition coefficient (Wildman–Crippen LogP) is 2.69. The van der Waals surface area contributed by atoms with E-state index in [1.807, 2.05) is 37.3 Å². The normalized spacial score (nSPS) is 11.2. The molecular weight excluding hydrogens is 420 g/mol. The maximum absolute atomic E-state index is 13.2. The van der Waals surface area contributed by atoms with Crippen LogP contribution >= 0.6 is 11.6 Å². The summed E-state index contributed by atoms with van der Waals surface area (Å²) in [6.07, 6.45) is 0. The van der Waals surface area contributed by atoms with E-state index in [0.29, 0.717) is 10.8 Å². The van der Waals surface area contributed by atoms with Gasteiger partial charge in [0.05, 0.1) is 19.7 Å². The Balaban J connectivity index is 1.95. The van der Waals surface area contributed by atoms with Crippen LogP contribution in [0.15, 0.2) is 58.1 Å². The number of rotatable bonds is 6. The largest absolute Gasteiger partial charge is 0.425 e. The Kier molecular flexibility index (Phi) is 5.67. The van der Waals surface area contributed by atoms with Crippen LogP contribution in [0.2, 0.25) is 5.02 Å². The highest BCUT2D eigenvalue weighted by Gasteiger charge is 2.22. The van der Waals surface area contributed by atoms with Gasteiger partial charge in [-0.05, 0) is 42.3 Å². The Bertz CT molecular complexity index is 1370. The van der Waals surface area contributed by atoms with Gasteiger partial charge in [-0.15, -0.1) is 0 Å². The lowest BCUT2D eigenvalue weighted by Gasteiger charge is -2.11. The zero-order valence-corrected chi connectivity index (χ0v) is 17.8. The van der Waals surface area contributed by atoms with Crippen LogP contribution in [0.1, 0.15) is 11.1 Å². The second kappa shape index (κ2) is 8.41. The van der Waals surface area contributed by atoms with E-state index in [2.05, 4.69) is 4.98 Å². The first-order valence-electron chi connectivity index (χ1n) is 9.69. The summed E-state index contributed by atoms with van der Waals surface area (Å²) >= 11 is 6.00. The van der Waals surface area contributed by atoms with Crippen LogP contribution in [0.25, 0.3) is 11.2 Å². The van der Waals surface area contributed by atoms with Crippen molar-refractivity contribution < 1.29 is 9.84 Å². The fourth-order valence-electron chi connectivity index (χ4n) is 3.43. The van der Waals surface area contributed by atoms with Gasteiger partial charge in [-0.3, -0.25) is 18.5 Å². The Morgan fingerprint density at radius 1 is 1.10 bits per heavy atom. The van der Waals surface area contributed by atoms with E-state index < -0.39 is 11.2 Å². The molecule has 31 heavy (non-hydrogen) atoms. The number of nitrogens with zero attached hydrogens (tertiary/aromatic N) is 4. The number of imidazole rings is 1. The first kappa shape index (κ1) is 20.9. The second-order valence-electron chi connectivity index (χ2n) is 7.22. The molecule has 0 spiro atoms.